The lowest BCUT2D eigenvalue weighted by Crippen LogP contribution is -2.10. The van der Waals surface area contributed by atoms with Gasteiger partial charge in [0.2, 0.25) is 0 Å². The molecule has 0 atom stereocenters. The molecule has 2 aromatic heterocycles. The zero-order chi connectivity index (χ0) is 13.5. The lowest BCUT2D eigenvalue weighted by atomic mass is 10.3. The third-order valence-corrected chi connectivity index (χ3v) is 3.88. The van der Waals surface area contributed by atoms with Crippen LogP contribution < -0.4 is 10.6 Å². The van der Waals surface area contributed by atoms with Crippen LogP contribution in [0.4, 0.5) is 11.6 Å². The summed E-state index contributed by atoms with van der Waals surface area (Å²) in [6.07, 6.45) is 3.51. The second kappa shape index (κ2) is 7.40. The van der Waals surface area contributed by atoms with Crippen molar-refractivity contribution < 1.29 is 0 Å². The van der Waals surface area contributed by atoms with E-state index in [4.69, 9.17) is 0 Å². The molecule has 0 aliphatic carbocycles. The predicted octanol–water partition coefficient (Wildman–Crippen LogP) is 3.17. The fraction of sp³-hybridized carbons (Fsp3) is 0.417. The normalized spacial score (nSPS) is 10.4. The molecule has 0 aromatic carbocycles. The molecule has 2 rings (SSSR count). The number of nitrogens with zero attached hydrogens (tertiary/aromatic N) is 3. The number of thiazole rings is 1. The van der Waals surface area contributed by atoms with E-state index < -0.39 is 0 Å². The third-order valence-electron chi connectivity index (χ3n) is 2.49. The van der Waals surface area contributed by atoms with Crippen molar-refractivity contribution in [1.29, 1.82) is 0 Å². The maximum absolute atomic E-state index is 4.25. The van der Waals surface area contributed by atoms with Crippen molar-refractivity contribution in [2.24, 2.45) is 0 Å². The summed E-state index contributed by atoms with van der Waals surface area (Å²) in [5, 5.41) is 8.61. The van der Waals surface area contributed by atoms with Crippen LogP contribution in [0.1, 0.15) is 19.0 Å². The Morgan fingerprint density at radius 3 is 2.53 bits per heavy atom. The van der Waals surface area contributed by atoms with Gasteiger partial charge in [0, 0.05) is 24.9 Å². The highest BCUT2D eigenvalue weighted by Gasteiger charge is 2.07. The molecule has 2 heterocycles. The van der Waals surface area contributed by atoms with Gasteiger partial charge in [-0.25, -0.2) is 15.0 Å². The Kier molecular flexibility index (Phi) is 5.53. The van der Waals surface area contributed by atoms with Gasteiger partial charge in [-0.05, 0) is 22.4 Å². The van der Waals surface area contributed by atoms with E-state index in [0.717, 1.165) is 47.7 Å². The monoisotopic (exact) mass is 341 g/mol. The molecule has 0 amide bonds. The maximum atomic E-state index is 4.25. The third kappa shape index (κ3) is 4.14. The number of hydrogen-bond acceptors (Lipinski definition) is 6. The first-order valence-corrected chi connectivity index (χ1v) is 7.90. The molecule has 0 fully saturated rings. The standard InChI is InChI=1S/C12H16BrN5S/c1-2-4-14-11-10(13)12(17-7-16-11)15-5-3-9-6-19-8-18-9/h6-8H,2-5H2,1H3,(H2,14,15,16,17). The first kappa shape index (κ1) is 14.2. The molecule has 0 bridgehead atoms. The molecule has 2 N–H and O–H groups in total. The summed E-state index contributed by atoms with van der Waals surface area (Å²) in [5.74, 6) is 1.64. The lowest BCUT2D eigenvalue weighted by Gasteiger charge is -2.10. The Morgan fingerprint density at radius 1 is 1.16 bits per heavy atom. The summed E-state index contributed by atoms with van der Waals surface area (Å²) in [6, 6.07) is 0. The molecular formula is C12H16BrN5S. The zero-order valence-electron chi connectivity index (χ0n) is 10.7. The van der Waals surface area contributed by atoms with Crippen LogP contribution in [0.3, 0.4) is 0 Å². The largest absolute Gasteiger partial charge is 0.369 e. The van der Waals surface area contributed by atoms with Crippen molar-refractivity contribution in [3.05, 3.63) is 27.4 Å². The Morgan fingerprint density at radius 2 is 1.89 bits per heavy atom. The highest BCUT2D eigenvalue weighted by molar-refractivity contribution is 9.10. The minimum atomic E-state index is 0.798. The second-order valence-electron chi connectivity index (χ2n) is 3.97. The van der Waals surface area contributed by atoms with E-state index in [1.165, 1.54) is 0 Å². The highest BCUT2D eigenvalue weighted by atomic mass is 79.9. The predicted molar refractivity (Wildman–Crippen MR) is 82.8 cm³/mol. The zero-order valence-corrected chi connectivity index (χ0v) is 13.1. The molecule has 0 aliphatic rings. The molecule has 102 valence electrons. The van der Waals surface area contributed by atoms with Crippen LogP contribution in [-0.4, -0.2) is 28.0 Å². The van der Waals surface area contributed by atoms with E-state index in [0.29, 0.717) is 0 Å². The van der Waals surface area contributed by atoms with Crippen LogP contribution in [0.25, 0.3) is 0 Å². The summed E-state index contributed by atoms with van der Waals surface area (Å²) in [5.41, 5.74) is 2.95. The summed E-state index contributed by atoms with van der Waals surface area (Å²) >= 11 is 5.14. The van der Waals surface area contributed by atoms with E-state index in [1.54, 1.807) is 17.7 Å². The van der Waals surface area contributed by atoms with Gasteiger partial charge in [0.15, 0.2) is 0 Å². The van der Waals surface area contributed by atoms with Gasteiger partial charge < -0.3 is 10.6 Å². The van der Waals surface area contributed by atoms with E-state index >= 15 is 0 Å². The van der Waals surface area contributed by atoms with Crippen LogP contribution in [0.15, 0.2) is 21.7 Å². The van der Waals surface area contributed by atoms with Crippen molar-refractivity contribution in [3.8, 4) is 0 Å². The average molecular weight is 342 g/mol. The molecule has 2 aromatic rings. The van der Waals surface area contributed by atoms with Crippen molar-refractivity contribution >= 4 is 38.9 Å². The molecule has 0 spiro atoms. The van der Waals surface area contributed by atoms with Crippen molar-refractivity contribution in [1.82, 2.24) is 15.0 Å². The summed E-state index contributed by atoms with van der Waals surface area (Å²) in [7, 11) is 0. The molecule has 0 radical (unpaired) electrons. The first-order chi connectivity index (χ1) is 9.31. The smallest absolute Gasteiger partial charge is 0.145 e. The lowest BCUT2D eigenvalue weighted by molar-refractivity contribution is 0.948. The van der Waals surface area contributed by atoms with Gasteiger partial charge >= 0.3 is 0 Å². The van der Waals surface area contributed by atoms with E-state index in [-0.39, 0.29) is 0 Å². The molecule has 0 unspecified atom stereocenters. The average Bonchev–Trinajstić information content (AvgIpc) is 2.92. The van der Waals surface area contributed by atoms with Crippen LogP contribution >= 0.6 is 27.3 Å². The number of rotatable bonds is 7. The highest BCUT2D eigenvalue weighted by Crippen LogP contribution is 2.26. The molecule has 0 saturated heterocycles. The number of halogens is 1. The fourth-order valence-corrected chi connectivity index (χ4v) is 2.61. The van der Waals surface area contributed by atoms with Gasteiger partial charge in [-0.3, -0.25) is 0 Å². The number of hydrogen-bond donors (Lipinski definition) is 2. The van der Waals surface area contributed by atoms with Gasteiger partial charge in [-0.2, -0.15) is 0 Å². The number of anilines is 2. The Hall–Kier alpha value is -1.21. The molecule has 0 saturated carbocycles. The van der Waals surface area contributed by atoms with E-state index in [1.807, 2.05) is 5.51 Å². The number of nitrogens with one attached hydrogen (secondary N) is 2. The van der Waals surface area contributed by atoms with Crippen LogP contribution in [0, 0.1) is 0 Å². The van der Waals surface area contributed by atoms with Crippen LogP contribution in [-0.2, 0) is 6.42 Å². The Labute approximate surface area is 125 Å². The van der Waals surface area contributed by atoms with Gasteiger partial charge in [0.25, 0.3) is 0 Å². The second-order valence-corrected chi connectivity index (χ2v) is 5.48. The van der Waals surface area contributed by atoms with E-state index in [9.17, 15) is 0 Å². The quantitative estimate of drug-likeness (QED) is 0.809. The Bertz CT molecular complexity index is 503. The van der Waals surface area contributed by atoms with Gasteiger partial charge in [0.1, 0.15) is 22.4 Å². The fourth-order valence-electron chi connectivity index (χ4n) is 1.53. The summed E-state index contributed by atoms with van der Waals surface area (Å²) in [6.45, 7) is 3.82. The van der Waals surface area contributed by atoms with Gasteiger partial charge in [-0.15, -0.1) is 11.3 Å². The summed E-state index contributed by atoms with van der Waals surface area (Å²) < 4.78 is 0.877. The van der Waals surface area contributed by atoms with Crippen molar-refractivity contribution in [2.75, 3.05) is 23.7 Å². The topological polar surface area (TPSA) is 62.7 Å². The Balaban J connectivity index is 1.92. The van der Waals surface area contributed by atoms with Crippen molar-refractivity contribution in [3.63, 3.8) is 0 Å². The molecule has 7 heteroatoms. The van der Waals surface area contributed by atoms with Crippen LogP contribution in [0.5, 0.6) is 0 Å². The number of aromatic nitrogens is 3. The van der Waals surface area contributed by atoms with Crippen LogP contribution in [0.2, 0.25) is 0 Å². The minimum absolute atomic E-state index is 0.798. The van der Waals surface area contributed by atoms with E-state index in [2.05, 4.69) is 53.8 Å². The van der Waals surface area contributed by atoms with Gasteiger partial charge in [0.05, 0.1) is 11.2 Å². The minimum Gasteiger partial charge on any atom is -0.369 e. The van der Waals surface area contributed by atoms with Gasteiger partial charge in [-0.1, -0.05) is 6.92 Å². The van der Waals surface area contributed by atoms with Crippen molar-refractivity contribution in [2.45, 2.75) is 19.8 Å². The summed E-state index contributed by atoms with van der Waals surface area (Å²) in [4.78, 5) is 12.7. The SMILES string of the molecule is CCCNc1ncnc(NCCc2cscn2)c1Br. The first-order valence-electron chi connectivity index (χ1n) is 6.16. The maximum Gasteiger partial charge on any atom is 0.145 e. The molecular weight excluding hydrogens is 326 g/mol. The molecule has 5 nitrogen and oxygen atoms in total. The molecule has 0 aliphatic heterocycles. The molecule has 19 heavy (non-hydrogen) atoms.